The van der Waals surface area contributed by atoms with Crippen molar-refractivity contribution >= 4 is 45.7 Å². The minimum atomic E-state index is -0.870. The monoisotopic (exact) mass is 751 g/mol. The minimum Gasteiger partial charge on any atom is -0.475 e. The van der Waals surface area contributed by atoms with E-state index in [1.165, 1.54) is 5.57 Å². The van der Waals surface area contributed by atoms with Crippen molar-refractivity contribution in [1.29, 1.82) is 0 Å². The quantitative estimate of drug-likeness (QED) is 0.101. The van der Waals surface area contributed by atoms with Gasteiger partial charge in [-0.2, -0.15) is 10.2 Å². The highest BCUT2D eigenvalue weighted by atomic mass is 32.2. The third kappa shape index (κ3) is 10.3. The fourth-order valence-corrected chi connectivity index (χ4v) is 6.97. The number of hydrogen-bond donors (Lipinski definition) is 3. The van der Waals surface area contributed by atoms with E-state index in [9.17, 15) is 14.7 Å². The van der Waals surface area contributed by atoms with Crippen molar-refractivity contribution in [2.45, 2.75) is 65.2 Å². The molecule has 1 aliphatic rings. The maximum Gasteiger partial charge on any atom is 0.237 e. The van der Waals surface area contributed by atoms with Gasteiger partial charge in [0.05, 0.1) is 30.3 Å². The molecule has 6 rings (SSSR count). The lowest BCUT2D eigenvalue weighted by molar-refractivity contribution is -0.131. The Labute approximate surface area is 320 Å². The van der Waals surface area contributed by atoms with Crippen molar-refractivity contribution in [2.24, 2.45) is 0 Å². The van der Waals surface area contributed by atoms with E-state index in [1.807, 2.05) is 67.5 Å². The Kier molecular flexibility index (Phi) is 12.5. The van der Waals surface area contributed by atoms with Gasteiger partial charge in [-0.1, -0.05) is 30.3 Å². The molecule has 0 fully saturated rings. The number of rotatable bonds is 16. The molecule has 4 heterocycles. The fraction of sp³-hybridized carbons (Fsp3) is 0.400. The Morgan fingerprint density at radius 1 is 1.07 bits per heavy atom. The molecule has 0 aliphatic carbocycles. The van der Waals surface area contributed by atoms with Gasteiger partial charge in [-0.15, -0.1) is 11.8 Å². The molecular weight excluding hydrogens is 703 g/mol. The van der Waals surface area contributed by atoms with Crippen LogP contribution in [0.25, 0.3) is 39.1 Å². The Bertz CT molecular complexity index is 2070. The van der Waals surface area contributed by atoms with Crippen LogP contribution in [-0.4, -0.2) is 107 Å². The molecule has 0 saturated heterocycles. The number of pyridine rings is 1. The van der Waals surface area contributed by atoms with Crippen molar-refractivity contribution < 1.29 is 19.4 Å². The van der Waals surface area contributed by atoms with Gasteiger partial charge in [-0.3, -0.25) is 19.6 Å². The van der Waals surface area contributed by atoms with Crippen LogP contribution < -0.4 is 10.1 Å². The molecule has 0 spiro atoms. The molecule has 1 aliphatic heterocycles. The van der Waals surface area contributed by atoms with E-state index in [1.54, 1.807) is 42.8 Å². The SMILES string of the molecule is CSCN(CCCC(=O)Nc1ccc2[nH]nc(-c3ccc(OC(C)C)nc3)c2c1)CC(=O)N1CC=C(c2ccc(-c3ncn(CC(C)(C)O)n3)cc2)CC1. The van der Waals surface area contributed by atoms with Crippen LogP contribution in [0.1, 0.15) is 52.5 Å². The molecule has 3 aromatic heterocycles. The summed E-state index contributed by atoms with van der Waals surface area (Å²) in [5.74, 6) is 1.89. The van der Waals surface area contributed by atoms with Crippen LogP contribution in [0.15, 0.2) is 73.2 Å². The maximum absolute atomic E-state index is 13.3. The molecule has 3 N–H and O–H groups in total. The zero-order chi connectivity index (χ0) is 38.2. The number of fused-ring (bicyclic) bond motifs is 1. The third-order valence-electron chi connectivity index (χ3n) is 8.92. The second-order valence-electron chi connectivity index (χ2n) is 14.5. The van der Waals surface area contributed by atoms with Crippen molar-refractivity contribution in [3.8, 4) is 28.5 Å². The first-order valence-electron chi connectivity index (χ1n) is 18.3. The van der Waals surface area contributed by atoms with Crippen molar-refractivity contribution in [3.63, 3.8) is 0 Å². The number of aromatic nitrogens is 6. The van der Waals surface area contributed by atoms with Gasteiger partial charge < -0.3 is 20.1 Å². The molecule has 284 valence electrons. The summed E-state index contributed by atoms with van der Waals surface area (Å²) < 4.78 is 7.32. The number of aliphatic hydroxyl groups is 1. The number of H-pyrrole nitrogens is 1. The normalized spacial score (nSPS) is 13.5. The Balaban J connectivity index is 0.970. The summed E-state index contributed by atoms with van der Waals surface area (Å²) in [5.41, 5.74) is 5.52. The summed E-state index contributed by atoms with van der Waals surface area (Å²) >= 11 is 1.67. The molecule has 0 unspecified atom stereocenters. The van der Waals surface area contributed by atoms with Gasteiger partial charge in [0.2, 0.25) is 17.7 Å². The third-order valence-corrected chi connectivity index (χ3v) is 9.55. The average molecular weight is 752 g/mol. The molecule has 5 aromatic rings. The largest absolute Gasteiger partial charge is 0.475 e. The maximum atomic E-state index is 13.3. The highest BCUT2D eigenvalue weighted by Crippen LogP contribution is 2.29. The number of amides is 2. The van der Waals surface area contributed by atoms with Crippen LogP contribution in [0.4, 0.5) is 5.69 Å². The number of ether oxygens (including phenoxy) is 1. The summed E-state index contributed by atoms with van der Waals surface area (Å²) in [7, 11) is 0. The standard InChI is InChI=1S/C40H49N9O4S/c1-27(2)53-36-15-12-31(22-41-36)38-33-21-32(13-14-34(33)44-45-38)43-35(50)7-6-18-47(26-54-5)23-37(51)48-19-16-29(17-20-48)28-8-10-30(11-9-28)39-42-25-49(46-39)24-40(3,4)52/h8-16,21-22,25,27,52H,6-7,17-20,23-24,26H2,1-5H3,(H,43,50)(H,44,45). The van der Waals surface area contributed by atoms with E-state index in [4.69, 9.17) is 4.74 Å². The van der Waals surface area contributed by atoms with Crippen LogP contribution in [-0.2, 0) is 16.1 Å². The number of carbonyl (C=O) groups excluding carboxylic acids is 2. The molecule has 0 saturated carbocycles. The van der Waals surface area contributed by atoms with Crippen molar-refractivity contribution in [3.05, 3.63) is 78.8 Å². The Morgan fingerprint density at radius 3 is 2.54 bits per heavy atom. The summed E-state index contributed by atoms with van der Waals surface area (Å²) in [6.07, 6.45) is 9.31. The molecule has 0 atom stereocenters. The molecule has 2 amide bonds. The molecular formula is C40H49N9O4S. The number of benzene rings is 2. The number of nitrogens with one attached hydrogen (secondary N) is 2. The van der Waals surface area contributed by atoms with Crippen molar-refractivity contribution in [1.82, 2.24) is 39.7 Å². The highest BCUT2D eigenvalue weighted by Gasteiger charge is 2.21. The number of hydrogen-bond acceptors (Lipinski definition) is 10. The van der Waals surface area contributed by atoms with E-state index in [-0.39, 0.29) is 17.9 Å². The number of thioether (sulfide) groups is 1. The summed E-state index contributed by atoms with van der Waals surface area (Å²) in [6.45, 7) is 9.93. The Morgan fingerprint density at radius 2 is 1.85 bits per heavy atom. The minimum absolute atomic E-state index is 0.0375. The second kappa shape index (κ2) is 17.4. The smallest absolute Gasteiger partial charge is 0.237 e. The number of anilines is 1. The molecule has 54 heavy (non-hydrogen) atoms. The lowest BCUT2D eigenvalue weighted by atomic mass is 9.98. The summed E-state index contributed by atoms with van der Waals surface area (Å²) in [4.78, 5) is 39.1. The van der Waals surface area contributed by atoms with Crippen LogP contribution in [0, 0.1) is 0 Å². The molecule has 13 nitrogen and oxygen atoms in total. The predicted octanol–water partition coefficient (Wildman–Crippen LogP) is 6.10. The number of nitrogens with zero attached hydrogens (tertiary/aromatic N) is 7. The lowest BCUT2D eigenvalue weighted by Crippen LogP contribution is -2.42. The van der Waals surface area contributed by atoms with Gasteiger partial charge in [0.15, 0.2) is 5.82 Å². The van der Waals surface area contributed by atoms with Gasteiger partial charge in [0, 0.05) is 59.9 Å². The van der Waals surface area contributed by atoms with Crippen molar-refractivity contribution in [2.75, 3.05) is 43.6 Å². The van der Waals surface area contributed by atoms with Gasteiger partial charge in [-0.05, 0) is 88.7 Å². The zero-order valence-corrected chi connectivity index (χ0v) is 32.4. The molecule has 2 aromatic carbocycles. The Hall–Kier alpha value is -5.05. The van der Waals surface area contributed by atoms with E-state index in [0.29, 0.717) is 68.8 Å². The number of aromatic amines is 1. The van der Waals surface area contributed by atoms with E-state index in [0.717, 1.165) is 39.7 Å². The topological polar surface area (TPSA) is 154 Å². The van der Waals surface area contributed by atoms with Crippen LogP contribution >= 0.6 is 11.8 Å². The van der Waals surface area contributed by atoms with E-state index >= 15 is 0 Å². The summed E-state index contributed by atoms with van der Waals surface area (Å²) in [6, 6.07) is 17.6. The predicted molar refractivity (Wildman–Crippen MR) is 214 cm³/mol. The first-order chi connectivity index (χ1) is 25.9. The van der Waals surface area contributed by atoms with Crippen LogP contribution in [0.2, 0.25) is 0 Å². The van der Waals surface area contributed by atoms with Gasteiger partial charge >= 0.3 is 0 Å². The second-order valence-corrected chi connectivity index (χ2v) is 15.3. The molecule has 0 radical (unpaired) electrons. The van der Waals surface area contributed by atoms with E-state index in [2.05, 4.69) is 53.7 Å². The summed E-state index contributed by atoms with van der Waals surface area (Å²) in [5, 5.41) is 26.0. The fourth-order valence-electron chi connectivity index (χ4n) is 6.38. The van der Waals surface area contributed by atoms with Crippen LogP contribution in [0.5, 0.6) is 5.88 Å². The van der Waals surface area contributed by atoms with Gasteiger partial charge in [0.25, 0.3) is 0 Å². The van der Waals surface area contributed by atoms with E-state index < -0.39 is 5.60 Å². The average Bonchev–Trinajstić information content (AvgIpc) is 3.78. The zero-order valence-electron chi connectivity index (χ0n) is 31.6. The first-order valence-corrected chi connectivity index (χ1v) is 19.7. The number of carbonyl (C=O) groups is 2. The van der Waals surface area contributed by atoms with Crippen LogP contribution in [0.3, 0.4) is 0 Å². The lowest BCUT2D eigenvalue weighted by Gasteiger charge is -2.29. The molecule has 0 bridgehead atoms. The first kappa shape index (κ1) is 38.7. The molecule has 14 heteroatoms. The highest BCUT2D eigenvalue weighted by molar-refractivity contribution is 7.98. The van der Waals surface area contributed by atoms with Gasteiger partial charge in [-0.25, -0.2) is 14.6 Å². The van der Waals surface area contributed by atoms with Gasteiger partial charge in [0.1, 0.15) is 12.0 Å².